The van der Waals surface area contributed by atoms with Crippen molar-refractivity contribution in [2.45, 2.75) is 45.5 Å². The Morgan fingerprint density at radius 3 is 2.22 bits per heavy atom. The standard InChI is InChI=1S/C24H21F3INO7/c1-12(29-22(32)36-23(2,3)4)21(31)34-15-9-10-16-17(11-15)35-20(24(25,26)27)19(18(16)30)33-14-7-5-13(28)6-8-14/h5-12H,1-4H3,(H,29,32)/t12-/m1/s1. The number of carbonyl (C=O) groups is 2. The van der Waals surface area contributed by atoms with E-state index in [1.165, 1.54) is 25.1 Å². The summed E-state index contributed by atoms with van der Waals surface area (Å²) < 4.78 is 62.5. The van der Waals surface area contributed by atoms with Gasteiger partial charge in [-0.3, -0.25) is 4.79 Å². The minimum atomic E-state index is -5.05. The molecule has 1 heterocycles. The van der Waals surface area contributed by atoms with Crippen LogP contribution in [0, 0.1) is 3.57 Å². The zero-order chi connectivity index (χ0) is 26.8. The van der Waals surface area contributed by atoms with Crippen LogP contribution in [0.2, 0.25) is 0 Å². The van der Waals surface area contributed by atoms with Gasteiger partial charge in [-0.15, -0.1) is 0 Å². The average molecular weight is 619 g/mol. The third-order valence-electron chi connectivity index (χ3n) is 4.42. The van der Waals surface area contributed by atoms with Gasteiger partial charge in [-0.05, 0) is 86.7 Å². The van der Waals surface area contributed by atoms with Crippen molar-refractivity contribution >= 4 is 45.6 Å². The van der Waals surface area contributed by atoms with Crippen molar-refractivity contribution in [3.8, 4) is 17.2 Å². The maximum absolute atomic E-state index is 13.7. The predicted molar refractivity (Wildman–Crippen MR) is 131 cm³/mol. The zero-order valence-corrected chi connectivity index (χ0v) is 21.6. The first-order chi connectivity index (χ1) is 16.6. The summed E-state index contributed by atoms with van der Waals surface area (Å²) in [6, 6.07) is 8.23. The molecule has 8 nitrogen and oxygen atoms in total. The molecule has 2 aromatic carbocycles. The van der Waals surface area contributed by atoms with Crippen LogP contribution >= 0.6 is 22.6 Å². The molecule has 0 spiro atoms. The van der Waals surface area contributed by atoms with Gasteiger partial charge in [0.15, 0.2) is 0 Å². The highest BCUT2D eigenvalue weighted by Gasteiger charge is 2.40. The molecule has 0 aliphatic rings. The van der Waals surface area contributed by atoms with Crippen LogP contribution in [0.3, 0.4) is 0 Å². The summed E-state index contributed by atoms with van der Waals surface area (Å²) >= 11 is 2.01. The van der Waals surface area contributed by atoms with Gasteiger partial charge in [-0.2, -0.15) is 13.2 Å². The Labute approximate surface area is 216 Å². The lowest BCUT2D eigenvalue weighted by molar-refractivity contribution is -0.154. The highest BCUT2D eigenvalue weighted by atomic mass is 127. The SMILES string of the molecule is C[C@@H](NC(=O)OC(C)(C)C)C(=O)Oc1ccc2c(=O)c(Oc3ccc(I)cc3)c(C(F)(F)F)oc2c1. The van der Waals surface area contributed by atoms with E-state index < -0.39 is 52.4 Å². The molecule has 0 aliphatic carbocycles. The molecule has 0 fully saturated rings. The predicted octanol–water partition coefficient (Wildman–Crippen LogP) is 6.03. The molecule has 36 heavy (non-hydrogen) atoms. The molecule has 1 atom stereocenters. The molecule has 1 aromatic heterocycles. The van der Waals surface area contributed by atoms with Gasteiger partial charge in [0.1, 0.15) is 28.7 Å². The van der Waals surface area contributed by atoms with E-state index in [1.807, 2.05) is 22.6 Å². The molecule has 1 amide bonds. The number of amides is 1. The molecule has 0 saturated heterocycles. The minimum Gasteiger partial charge on any atom is -0.449 e. The van der Waals surface area contributed by atoms with Gasteiger partial charge in [0, 0.05) is 9.64 Å². The Kier molecular flexibility index (Phi) is 7.86. The van der Waals surface area contributed by atoms with E-state index >= 15 is 0 Å². The Bertz CT molecular complexity index is 1350. The van der Waals surface area contributed by atoms with Crippen molar-refractivity contribution in [1.29, 1.82) is 0 Å². The van der Waals surface area contributed by atoms with Gasteiger partial charge in [-0.1, -0.05) is 0 Å². The van der Waals surface area contributed by atoms with E-state index in [0.717, 1.165) is 15.7 Å². The maximum atomic E-state index is 13.7. The van der Waals surface area contributed by atoms with Crippen LogP contribution in [-0.4, -0.2) is 23.7 Å². The smallest absolute Gasteiger partial charge is 0.449 e. The van der Waals surface area contributed by atoms with Crippen LogP contribution in [0.1, 0.15) is 33.5 Å². The van der Waals surface area contributed by atoms with Crippen LogP contribution in [-0.2, 0) is 15.7 Å². The highest BCUT2D eigenvalue weighted by molar-refractivity contribution is 14.1. The minimum absolute atomic E-state index is 0.0181. The fraction of sp³-hybridized carbons (Fsp3) is 0.292. The van der Waals surface area contributed by atoms with Crippen molar-refractivity contribution in [1.82, 2.24) is 5.32 Å². The number of halogens is 4. The van der Waals surface area contributed by atoms with Gasteiger partial charge >= 0.3 is 18.2 Å². The van der Waals surface area contributed by atoms with Gasteiger partial charge in [0.2, 0.25) is 11.2 Å². The Morgan fingerprint density at radius 2 is 1.64 bits per heavy atom. The van der Waals surface area contributed by atoms with E-state index in [2.05, 4.69) is 5.32 Å². The van der Waals surface area contributed by atoms with Crippen LogP contribution in [0.15, 0.2) is 51.7 Å². The summed E-state index contributed by atoms with van der Waals surface area (Å²) in [6.07, 6.45) is -5.91. The summed E-state index contributed by atoms with van der Waals surface area (Å²) in [5.41, 5.74) is -2.32. The summed E-state index contributed by atoms with van der Waals surface area (Å²) in [4.78, 5) is 37.1. The second-order valence-electron chi connectivity index (χ2n) is 8.59. The summed E-state index contributed by atoms with van der Waals surface area (Å²) in [5, 5.41) is 2.07. The molecule has 1 N–H and O–H groups in total. The number of alkyl carbamates (subject to hydrolysis) is 1. The van der Waals surface area contributed by atoms with E-state index in [9.17, 15) is 27.6 Å². The number of ether oxygens (including phenoxy) is 3. The first-order valence-electron chi connectivity index (χ1n) is 10.5. The lowest BCUT2D eigenvalue weighted by atomic mass is 10.2. The lowest BCUT2D eigenvalue weighted by Gasteiger charge is -2.21. The van der Waals surface area contributed by atoms with Gasteiger partial charge in [-0.25, -0.2) is 9.59 Å². The molecule has 0 saturated carbocycles. The summed E-state index contributed by atoms with van der Waals surface area (Å²) in [5.74, 6) is -3.76. The molecule has 192 valence electrons. The number of rotatable bonds is 5. The second kappa shape index (κ2) is 10.4. The van der Waals surface area contributed by atoms with Crippen molar-refractivity contribution < 1.29 is 41.4 Å². The van der Waals surface area contributed by atoms with Crippen molar-refractivity contribution in [2.75, 3.05) is 0 Å². The van der Waals surface area contributed by atoms with Crippen LogP contribution in [0.4, 0.5) is 18.0 Å². The number of hydrogen-bond acceptors (Lipinski definition) is 7. The number of alkyl halides is 3. The highest BCUT2D eigenvalue weighted by Crippen LogP contribution is 2.38. The van der Waals surface area contributed by atoms with E-state index in [4.69, 9.17) is 18.6 Å². The largest absolute Gasteiger partial charge is 0.453 e. The Morgan fingerprint density at radius 1 is 1.03 bits per heavy atom. The number of carbonyl (C=O) groups excluding carboxylic acids is 2. The fourth-order valence-electron chi connectivity index (χ4n) is 2.87. The molecule has 12 heteroatoms. The van der Waals surface area contributed by atoms with Crippen LogP contribution < -0.4 is 20.2 Å². The van der Waals surface area contributed by atoms with Crippen molar-refractivity contribution in [3.63, 3.8) is 0 Å². The molecule has 0 unspecified atom stereocenters. The number of hydrogen-bond donors (Lipinski definition) is 1. The number of esters is 1. The first-order valence-corrected chi connectivity index (χ1v) is 11.5. The third kappa shape index (κ3) is 6.89. The van der Waals surface area contributed by atoms with E-state index in [1.54, 1.807) is 32.9 Å². The summed E-state index contributed by atoms with van der Waals surface area (Å²) in [7, 11) is 0. The molecule has 0 bridgehead atoms. The monoisotopic (exact) mass is 619 g/mol. The fourth-order valence-corrected chi connectivity index (χ4v) is 3.23. The summed E-state index contributed by atoms with van der Waals surface area (Å²) in [6.45, 7) is 6.27. The first kappa shape index (κ1) is 27.3. The van der Waals surface area contributed by atoms with Crippen LogP contribution in [0.25, 0.3) is 11.0 Å². The number of nitrogens with one attached hydrogen (secondary N) is 1. The number of benzene rings is 2. The van der Waals surface area contributed by atoms with Gasteiger partial charge in [0.05, 0.1) is 5.39 Å². The normalized spacial score (nSPS) is 12.7. The topological polar surface area (TPSA) is 104 Å². The van der Waals surface area contributed by atoms with Crippen molar-refractivity contribution in [2.24, 2.45) is 0 Å². The molecular weight excluding hydrogens is 598 g/mol. The number of fused-ring (bicyclic) bond motifs is 1. The van der Waals surface area contributed by atoms with Crippen molar-refractivity contribution in [3.05, 3.63) is 62.0 Å². The molecule has 3 rings (SSSR count). The third-order valence-corrected chi connectivity index (χ3v) is 5.14. The quantitative estimate of drug-likeness (QED) is 0.212. The molecule has 0 radical (unpaired) electrons. The lowest BCUT2D eigenvalue weighted by Crippen LogP contribution is -2.43. The van der Waals surface area contributed by atoms with Crippen LogP contribution in [0.5, 0.6) is 17.2 Å². The van der Waals surface area contributed by atoms with Gasteiger partial charge in [0.25, 0.3) is 5.76 Å². The maximum Gasteiger partial charge on any atom is 0.453 e. The average Bonchev–Trinajstić information content (AvgIpc) is 2.74. The second-order valence-corrected chi connectivity index (χ2v) is 9.84. The molecule has 3 aromatic rings. The Balaban J connectivity index is 1.90. The Hall–Kier alpha value is -3.29. The molecule has 0 aliphatic heterocycles. The van der Waals surface area contributed by atoms with E-state index in [0.29, 0.717) is 0 Å². The molecular formula is C24H21F3INO7. The zero-order valence-electron chi connectivity index (χ0n) is 19.5. The van der Waals surface area contributed by atoms with Gasteiger partial charge < -0.3 is 23.9 Å². The van der Waals surface area contributed by atoms with E-state index in [-0.39, 0.29) is 16.9 Å².